The van der Waals surface area contributed by atoms with E-state index in [2.05, 4.69) is 30.4 Å². The van der Waals surface area contributed by atoms with Gasteiger partial charge in [0.05, 0.1) is 18.3 Å². The maximum atomic E-state index is 9.92. The largest absolute Gasteiger partial charge is 0.391 e. The van der Waals surface area contributed by atoms with Crippen LogP contribution in [0.4, 0.5) is 0 Å². The van der Waals surface area contributed by atoms with Gasteiger partial charge in [0.15, 0.2) is 0 Å². The van der Waals surface area contributed by atoms with Crippen LogP contribution in [-0.2, 0) is 0 Å². The van der Waals surface area contributed by atoms with Crippen molar-refractivity contribution in [3.63, 3.8) is 0 Å². The molecule has 1 heterocycles. The molecule has 3 nitrogen and oxygen atoms in total. The molecule has 94 valence electrons. The number of nitrogens with zero attached hydrogens (tertiary/aromatic N) is 2. The Morgan fingerprint density at radius 1 is 1.28 bits per heavy atom. The van der Waals surface area contributed by atoms with Crippen molar-refractivity contribution in [2.45, 2.75) is 38.3 Å². The average molecular weight is 242 g/mol. The molecular weight excluding hydrogens is 224 g/mol. The van der Waals surface area contributed by atoms with Gasteiger partial charge in [0.1, 0.15) is 0 Å². The monoisotopic (exact) mass is 242 g/mol. The van der Waals surface area contributed by atoms with Gasteiger partial charge in [0.25, 0.3) is 0 Å². The molecule has 1 saturated carbocycles. The van der Waals surface area contributed by atoms with Crippen LogP contribution in [0.5, 0.6) is 0 Å². The van der Waals surface area contributed by atoms with Crippen LogP contribution in [0.25, 0.3) is 11.1 Å². The minimum atomic E-state index is -0.241. The van der Waals surface area contributed by atoms with E-state index < -0.39 is 0 Å². The summed E-state index contributed by atoms with van der Waals surface area (Å²) >= 11 is 0. The molecular formula is C15H18N2O. The number of aliphatic hydroxyl groups excluding tert-OH is 1. The Hall–Kier alpha value is -1.61. The fraction of sp³-hybridized carbons (Fsp3) is 0.400. The molecule has 2 unspecified atom stereocenters. The summed E-state index contributed by atoms with van der Waals surface area (Å²) in [6, 6.07) is 8.47. The Labute approximate surface area is 107 Å². The molecule has 1 aromatic carbocycles. The Morgan fingerprint density at radius 3 is 2.83 bits per heavy atom. The zero-order chi connectivity index (χ0) is 12.5. The molecule has 1 aliphatic carbocycles. The van der Waals surface area contributed by atoms with Gasteiger partial charge < -0.3 is 5.11 Å². The van der Waals surface area contributed by atoms with Crippen molar-refractivity contribution >= 4 is 0 Å². The minimum absolute atomic E-state index is 0.155. The first kappa shape index (κ1) is 11.5. The van der Waals surface area contributed by atoms with Crippen LogP contribution in [0.2, 0.25) is 0 Å². The normalized spacial score (nSPS) is 23.4. The van der Waals surface area contributed by atoms with Crippen molar-refractivity contribution in [3.8, 4) is 11.1 Å². The highest BCUT2D eigenvalue weighted by Crippen LogP contribution is 2.31. The van der Waals surface area contributed by atoms with E-state index in [0.717, 1.165) is 24.8 Å². The molecule has 3 rings (SSSR count). The predicted molar refractivity (Wildman–Crippen MR) is 71.3 cm³/mol. The Kier molecular flexibility index (Phi) is 2.92. The molecule has 3 heteroatoms. The van der Waals surface area contributed by atoms with Gasteiger partial charge in [-0.3, -0.25) is 4.68 Å². The molecule has 1 aromatic heterocycles. The lowest BCUT2D eigenvalue weighted by molar-refractivity contribution is 0.130. The standard InChI is InChI=1S/C15H18N2O/c1-11-5-2-3-6-13(11)12-9-16-17(10-12)14-7-4-8-15(14)18/h2-3,5-6,9-10,14-15,18H,4,7-8H2,1H3. The topological polar surface area (TPSA) is 38.0 Å². The molecule has 0 bridgehead atoms. The third-order valence-corrected chi connectivity index (χ3v) is 3.84. The van der Waals surface area contributed by atoms with E-state index in [-0.39, 0.29) is 12.1 Å². The molecule has 0 aliphatic heterocycles. The number of rotatable bonds is 2. The molecule has 0 spiro atoms. The summed E-state index contributed by atoms with van der Waals surface area (Å²) in [4.78, 5) is 0. The summed E-state index contributed by atoms with van der Waals surface area (Å²) in [6.07, 6.45) is 6.72. The van der Waals surface area contributed by atoms with Crippen molar-refractivity contribution < 1.29 is 5.11 Å². The molecule has 2 atom stereocenters. The van der Waals surface area contributed by atoms with Gasteiger partial charge in [0, 0.05) is 11.8 Å². The molecule has 1 aliphatic rings. The second-order valence-electron chi connectivity index (χ2n) is 5.09. The lowest BCUT2D eigenvalue weighted by Gasteiger charge is -2.14. The zero-order valence-electron chi connectivity index (χ0n) is 10.6. The smallest absolute Gasteiger partial charge is 0.0778 e. The number of hydrogen-bond acceptors (Lipinski definition) is 2. The van der Waals surface area contributed by atoms with Gasteiger partial charge in [-0.15, -0.1) is 0 Å². The molecule has 2 aromatic rings. The maximum absolute atomic E-state index is 9.92. The van der Waals surface area contributed by atoms with Crippen molar-refractivity contribution in [1.29, 1.82) is 0 Å². The summed E-state index contributed by atoms with van der Waals surface area (Å²) in [7, 11) is 0. The zero-order valence-corrected chi connectivity index (χ0v) is 10.6. The summed E-state index contributed by atoms with van der Waals surface area (Å²) in [5.74, 6) is 0. The van der Waals surface area contributed by atoms with Crippen molar-refractivity contribution in [1.82, 2.24) is 9.78 Å². The van der Waals surface area contributed by atoms with E-state index in [0.29, 0.717) is 0 Å². The molecule has 0 radical (unpaired) electrons. The molecule has 1 fully saturated rings. The molecule has 18 heavy (non-hydrogen) atoms. The van der Waals surface area contributed by atoms with Crippen LogP contribution < -0.4 is 0 Å². The summed E-state index contributed by atoms with van der Waals surface area (Å²) in [6.45, 7) is 2.11. The minimum Gasteiger partial charge on any atom is -0.391 e. The van der Waals surface area contributed by atoms with Crippen molar-refractivity contribution in [3.05, 3.63) is 42.2 Å². The van der Waals surface area contributed by atoms with E-state index in [9.17, 15) is 5.11 Å². The SMILES string of the molecule is Cc1ccccc1-c1cnn(C2CCCC2O)c1. The fourth-order valence-corrected chi connectivity index (χ4v) is 2.78. The lowest BCUT2D eigenvalue weighted by atomic mass is 10.0. The quantitative estimate of drug-likeness (QED) is 0.879. The molecule has 1 N–H and O–H groups in total. The second kappa shape index (κ2) is 4.58. The molecule has 0 amide bonds. The Balaban J connectivity index is 1.92. The predicted octanol–water partition coefficient (Wildman–Crippen LogP) is 2.94. The van der Waals surface area contributed by atoms with Gasteiger partial charge in [-0.25, -0.2) is 0 Å². The fourth-order valence-electron chi connectivity index (χ4n) is 2.78. The average Bonchev–Trinajstić information content (AvgIpc) is 2.98. The number of aryl methyl sites for hydroxylation is 1. The van der Waals surface area contributed by atoms with Crippen molar-refractivity contribution in [2.75, 3.05) is 0 Å². The van der Waals surface area contributed by atoms with E-state index in [4.69, 9.17) is 0 Å². The Morgan fingerprint density at radius 2 is 2.11 bits per heavy atom. The highest BCUT2D eigenvalue weighted by molar-refractivity contribution is 5.65. The second-order valence-corrected chi connectivity index (χ2v) is 5.09. The number of aliphatic hydroxyl groups is 1. The van der Waals surface area contributed by atoms with Crippen LogP contribution >= 0.6 is 0 Å². The van der Waals surface area contributed by atoms with Gasteiger partial charge in [0.2, 0.25) is 0 Å². The van der Waals surface area contributed by atoms with E-state index >= 15 is 0 Å². The summed E-state index contributed by atoms with van der Waals surface area (Å²) < 4.78 is 1.93. The van der Waals surface area contributed by atoms with Gasteiger partial charge in [-0.2, -0.15) is 5.10 Å². The van der Waals surface area contributed by atoms with E-state index in [1.807, 2.05) is 23.0 Å². The first-order valence-electron chi connectivity index (χ1n) is 6.54. The van der Waals surface area contributed by atoms with Gasteiger partial charge >= 0.3 is 0 Å². The van der Waals surface area contributed by atoms with Crippen LogP contribution in [0.3, 0.4) is 0 Å². The van der Waals surface area contributed by atoms with Gasteiger partial charge in [-0.1, -0.05) is 24.3 Å². The third-order valence-electron chi connectivity index (χ3n) is 3.84. The van der Waals surface area contributed by atoms with Crippen LogP contribution in [0.15, 0.2) is 36.7 Å². The van der Waals surface area contributed by atoms with E-state index in [1.54, 1.807) is 0 Å². The summed E-state index contributed by atoms with van der Waals surface area (Å²) in [5, 5.41) is 14.3. The number of aromatic nitrogens is 2. The lowest BCUT2D eigenvalue weighted by Crippen LogP contribution is -2.18. The number of benzene rings is 1. The first-order chi connectivity index (χ1) is 8.75. The van der Waals surface area contributed by atoms with Crippen LogP contribution in [-0.4, -0.2) is 21.0 Å². The van der Waals surface area contributed by atoms with E-state index in [1.165, 1.54) is 11.1 Å². The highest BCUT2D eigenvalue weighted by Gasteiger charge is 2.27. The third kappa shape index (κ3) is 1.95. The van der Waals surface area contributed by atoms with Crippen LogP contribution in [0, 0.1) is 6.92 Å². The molecule has 0 saturated heterocycles. The van der Waals surface area contributed by atoms with Gasteiger partial charge in [-0.05, 0) is 37.3 Å². The maximum Gasteiger partial charge on any atom is 0.0778 e. The highest BCUT2D eigenvalue weighted by atomic mass is 16.3. The van der Waals surface area contributed by atoms with Crippen LogP contribution in [0.1, 0.15) is 30.9 Å². The number of hydrogen-bond donors (Lipinski definition) is 1. The Bertz CT molecular complexity index is 547. The summed E-state index contributed by atoms with van der Waals surface area (Å²) in [5.41, 5.74) is 3.60. The van der Waals surface area contributed by atoms with Crippen molar-refractivity contribution in [2.24, 2.45) is 0 Å². The first-order valence-corrected chi connectivity index (χ1v) is 6.54.